The number of halogens is 4. The molecular formula is C21H16ClF3N2O4S. The summed E-state index contributed by atoms with van der Waals surface area (Å²) in [6.07, 6.45) is -5.73. The third kappa shape index (κ3) is 5.57. The summed E-state index contributed by atoms with van der Waals surface area (Å²) in [7, 11) is 0. The number of nitrogens with one attached hydrogen (secondary N) is 2. The molecular weight excluding hydrogens is 469 g/mol. The summed E-state index contributed by atoms with van der Waals surface area (Å²) >= 11 is 7.40. The number of hydrogen-bond donors (Lipinski definition) is 2. The van der Waals surface area contributed by atoms with Gasteiger partial charge in [-0.15, -0.1) is 11.3 Å². The Balaban J connectivity index is 1.51. The largest absolute Gasteiger partial charge is 0.451 e. The highest BCUT2D eigenvalue weighted by molar-refractivity contribution is 7.21. The molecule has 0 saturated carbocycles. The highest BCUT2D eigenvalue weighted by atomic mass is 35.5. The van der Waals surface area contributed by atoms with Crippen LogP contribution in [0.15, 0.2) is 48.5 Å². The Kier molecular flexibility index (Phi) is 7.05. The number of alkyl halides is 3. The number of ether oxygens (including phenoxy) is 1. The van der Waals surface area contributed by atoms with Gasteiger partial charge in [0.15, 0.2) is 6.10 Å². The van der Waals surface area contributed by atoms with E-state index in [2.05, 4.69) is 10.6 Å². The highest BCUT2D eigenvalue weighted by Crippen LogP contribution is 2.35. The van der Waals surface area contributed by atoms with Crippen LogP contribution in [0.2, 0.25) is 5.02 Å². The van der Waals surface area contributed by atoms with Crippen molar-refractivity contribution in [2.45, 2.75) is 19.2 Å². The Morgan fingerprint density at radius 3 is 2.38 bits per heavy atom. The molecule has 0 saturated heterocycles. The summed E-state index contributed by atoms with van der Waals surface area (Å²) in [5, 5.41) is 5.74. The second kappa shape index (κ2) is 9.58. The van der Waals surface area contributed by atoms with E-state index in [4.69, 9.17) is 16.3 Å². The second-order valence-corrected chi connectivity index (χ2v) is 8.05. The quantitative estimate of drug-likeness (QED) is 0.489. The standard InChI is InChI=1S/C21H16ClF3N2O4S/c1-11(19(29)27-13-8-6-12(7-9-13)21(23,24)25)31-16(28)10-26-20(30)18-17(22)14-4-2-3-5-15(14)32-18/h2-9,11H,10H2,1H3,(H,26,30)(H,27,29). The van der Waals surface area contributed by atoms with Crippen molar-refractivity contribution in [3.8, 4) is 0 Å². The summed E-state index contributed by atoms with van der Waals surface area (Å²) in [4.78, 5) is 36.7. The van der Waals surface area contributed by atoms with Crippen LogP contribution in [0.3, 0.4) is 0 Å². The topological polar surface area (TPSA) is 84.5 Å². The lowest BCUT2D eigenvalue weighted by Gasteiger charge is -2.14. The van der Waals surface area contributed by atoms with Crippen molar-refractivity contribution in [3.05, 3.63) is 64.0 Å². The molecule has 1 unspecified atom stereocenters. The molecule has 0 fully saturated rings. The molecule has 2 N–H and O–H groups in total. The molecule has 0 aliphatic rings. The van der Waals surface area contributed by atoms with Crippen LogP contribution < -0.4 is 10.6 Å². The molecule has 6 nitrogen and oxygen atoms in total. The normalized spacial score (nSPS) is 12.3. The number of carbonyl (C=O) groups excluding carboxylic acids is 3. The molecule has 32 heavy (non-hydrogen) atoms. The van der Waals surface area contributed by atoms with Crippen LogP contribution in [0.25, 0.3) is 10.1 Å². The monoisotopic (exact) mass is 484 g/mol. The minimum Gasteiger partial charge on any atom is -0.451 e. The fourth-order valence-electron chi connectivity index (χ4n) is 2.67. The summed E-state index contributed by atoms with van der Waals surface area (Å²) in [5.41, 5.74) is -0.747. The molecule has 2 amide bonds. The van der Waals surface area contributed by atoms with Crippen molar-refractivity contribution < 1.29 is 32.3 Å². The van der Waals surface area contributed by atoms with E-state index >= 15 is 0 Å². The third-order valence-electron chi connectivity index (χ3n) is 4.29. The number of rotatable bonds is 6. The van der Waals surface area contributed by atoms with Crippen LogP contribution in [0.1, 0.15) is 22.2 Å². The Labute approximate surface area is 189 Å². The summed E-state index contributed by atoms with van der Waals surface area (Å²) in [5.74, 6) is -2.17. The van der Waals surface area contributed by atoms with E-state index in [1.165, 1.54) is 18.3 Å². The summed E-state index contributed by atoms with van der Waals surface area (Å²) in [6.45, 7) is 0.795. The average molecular weight is 485 g/mol. The van der Waals surface area contributed by atoms with Gasteiger partial charge in [-0.1, -0.05) is 29.8 Å². The van der Waals surface area contributed by atoms with E-state index < -0.39 is 42.2 Å². The molecule has 1 heterocycles. The third-order valence-corrected chi connectivity index (χ3v) is 5.97. The van der Waals surface area contributed by atoms with Gasteiger partial charge in [-0.25, -0.2) is 0 Å². The van der Waals surface area contributed by atoms with Crippen LogP contribution in [-0.4, -0.2) is 30.4 Å². The van der Waals surface area contributed by atoms with Crippen LogP contribution in [0, 0.1) is 0 Å². The molecule has 3 rings (SSSR count). The summed E-state index contributed by atoms with van der Waals surface area (Å²) in [6, 6.07) is 11.0. The molecule has 11 heteroatoms. The first kappa shape index (κ1) is 23.6. The average Bonchev–Trinajstić information content (AvgIpc) is 3.08. The van der Waals surface area contributed by atoms with Gasteiger partial charge in [0.1, 0.15) is 11.4 Å². The van der Waals surface area contributed by atoms with E-state index in [9.17, 15) is 27.6 Å². The molecule has 3 aromatic rings. The number of esters is 1. The van der Waals surface area contributed by atoms with Gasteiger partial charge >= 0.3 is 12.1 Å². The van der Waals surface area contributed by atoms with Crippen molar-refractivity contribution in [2.24, 2.45) is 0 Å². The number of hydrogen-bond acceptors (Lipinski definition) is 5. The highest BCUT2D eigenvalue weighted by Gasteiger charge is 2.30. The second-order valence-electron chi connectivity index (χ2n) is 6.62. The van der Waals surface area contributed by atoms with Crippen molar-refractivity contribution in [1.29, 1.82) is 0 Å². The smallest absolute Gasteiger partial charge is 0.416 e. The van der Waals surface area contributed by atoms with Gasteiger partial charge in [0.2, 0.25) is 0 Å². The molecule has 1 atom stereocenters. The zero-order valence-corrected chi connectivity index (χ0v) is 18.0. The first-order valence-corrected chi connectivity index (χ1v) is 10.4. The SMILES string of the molecule is CC(OC(=O)CNC(=O)c1sc2ccccc2c1Cl)C(=O)Nc1ccc(C(F)(F)F)cc1. The van der Waals surface area contributed by atoms with Gasteiger partial charge in [0.25, 0.3) is 11.8 Å². The molecule has 0 aliphatic carbocycles. The number of benzene rings is 2. The van der Waals surface area contributed by atoms with Gasteiger partial charge in [0.05, 0.1) is 10.6 Å². The van der Waals surface area contributed by atoms with Crippen molar-refractivity contribution in [1.82, 2.24) is 5.32 Å². The van der Waals surface area contributed by atoms with Crippen LogP contribution in [0.4, 0.5) is 18.9 Å². The van der Waals surface area contributed by atoms with E-state index in [1.807, 2.05) is 12.1 Å². The zero-order chi connectivity index (χ0) is 23.5. The fourth-order valence-corrected chi connectivity index (χ4v) is 4.10. The number of amides is 2. The predicted molar refractivity (Wildman–Crippen MR) is 115 cm³/mol. The maximum absolute atomic E-state index is 12.6. The van der Waals surface area contributed by atoms with Crippen molar-refractivity contribution >= 4 is 56.5 Å². The van der Waals surface area contributed by atoms with Crippen molar-refractivity contribution in [2.75, 3.05) is 11.9 Å². The number of fused-ring (bicyclic) bond motifs is 1. The molecule has 0 radical (unpaired) electrons. The van der Waals surface area contributed by atoms with Gasteiger partial charge < -0.3 is 15.4 Å². The molecule has 2 aromatic carbocycles. The predicted octanol–water partition coefficient (Wildman–Crippen LogP) is 4.87. The molecule has 0 bridgehead atoms. The number of anilines is 1. The van der Waals surface area contributed by atoms with Crippen LogP contribution in [0.5, 0.6) is 0 Å². The van der Waals surface area contributed by atoms with E-state index in [0.717, 1.165) is 34.4 Å². The van der Waals surface area contributed by atoms with E-state index in [1.54, 1.807) is 12.1 Å². The van der Waals surface area contributed by atoms with Crippen LogP contribution in [-0.2, 0) is 20.5 Å². The molecule has 0 spiro atoms. The van der Waals surface area contributed by atoms with Gasteiger partial charge in [-0.3, -0.25) is 14.4 Å². The molecule has 168 valence electrons. The maximum Gasteiger partial charge on any atom is 0.416 e. The Hall–Kier alpha value is -3.11. The Bertz CT molecular complexity index is 1160. The minimum atomic E-state index is -4.49. The zero-order valence-electron chi connectivity index (χ0n) is 16.5. The van der Waals surface area contributed by atoms with Crippen molar-refractivity contribution in [3.63, 3.8) is 0 Å². The molecule has 0 aliphatic heterocycles. The maximum atomic E-state index is 12.6. The first-order chi connectivity index (χ1) is 15.1. The Morgan fingerprint density at radius 2 is 1.75 bits per heavy atom. The number of thiophene rings is 1. The Morgan fingerprint density at radius 1 is 1.09 bits per heavy atom. The van der Waals surface area contributed by atoms with Gasteiger partial charge in [-0.2, -0.15) is 13.2 Å². The lowest BCUT2D eigenvalue weighted by molar-refractivity contribution is -0.152. The summed E-state index contributed by atoms with van der Waals surface area (Å²) < 4.78 is 43.5. The van der Waals surface area contributed by atoms with E-state index in [0.29, 0.717) is 0 Å². The van der Waals surface area contributed by atoms with Gasteiger partial charge in [0, 0.05) is 15.8 Å². The minimum absolute atomic E-state index is 0.110. The van der Waals surface area contributed by atoms with Gasteiger partial charge in [-0.05, 0) is 37.3 Å². The molecule has 1 aromatic heterocycles. The van der Waals surface area contributed by atoms with Crippen LogP contribution >= 0.6 is 22.9 Å². The number of carbonyl (C=O) groups is 3. The fraction of sp³-hybridized carbons (Fsp3) is 0.190. The first-order valence-electron chi connectivity index (χ1n) is 9.19. The lowest BCUT2D eigenvalue weighted by atomic mass is 10.2. The van der Waals surface area contributed by atoms with E-state index in [-0.39, 0.29) is 15.6 Å². The lowest BCUT2D eigenvalue weighted by Crippen LogP contribution is -2.35.